The highest BCUT2D eigenvalue weighted by Gasteiger charge is 2.23. The van der Waals surface area contributed by atoms with Crippen LogP contribution in [-0.2, 0) is 0 Å². The third-order valence-corrected chi connectivity index (χ3v) is 5.75. The lowest BCUT2D eigenvalue weighted by Crippen LogP contribution is -2.04. The zero-order valence-electron chi connectivity index (χ0n) is 14.3. The van der Waals surface area contributed by atoms with Crippen LogP contribution in [-0.4, -0.2) is 0 Å². The molecule has 2 aliphatic rings. The molecule has 0 amide bonds. The van der Waals surface area contributed by atoms with Gasteiger partial charge >= 0.3 is 0 Å². The monoisotopic (exact) mass is 329 g/mol. The maximum absolute atomic E-state index is 2.37. The van der Waals surface area contributed by atoms with E-state index >= 15 is 0 Å². The van der Waals surface area contributed by atoms with Crippen LogP contribution in [0, 0.1) is 6.42 Å². The Morgan fingerprint density at radius 2 is 1.54 bits per heavy atom. The fourth-order valence-electron chi connectivity index (χ4n) is 4.61. The van der Waals surface area contributed by atoms with E-state index in [4.69, 9.17) is 0 Å². The number of hydrogen-bond acceptors (Lipinski definition) is 0. The number of benzene rings is 4. The van der Waals surface area contributed by atoms with Crippen LogP contribution in [0.4, 0.5) is 0 Å². The molecule has 0 aliphatic heterocycles. The Labute approximate surface area is 153 Å². The van der Waals surface area contributed by atoms with Gasteiger partial charge in [0, 0.05) is 35.9 Å². The van der Waals surface area contributed by atoms with Crippen LogP contribution in [0.15, 0.2) is 78.9 Å². The summed E-state index contributed by atoms with van der Waals surface area (Å²) in [5.74, 6) is 0.303. The molecule has 0 fully saturated rings. The molecule has 0 saturated heterocycles. The van der Waals surface area contributed by atoms with Crippen molar-refractivity contribution in [2.24, 2.45) is 0 Å². The van der Waals surface area contributed by atoms with Crippen LogP contribution < -0.4 is 0 Å². The molecule has 0 nitrogen and oxygen atoms in total. The summed E-state index contributed by atoms with van der Waals surface area (Å²) in [7, 11) is 0. The molecule has 0 N–H and O–H groups in total. The summed E-state index contributed by atoms with van der Waals surface area (Å²) in [6.45, 7) is 0. The molecule has 2 aliphatic carbocycles. The Hall–Kier alpha value is -3.25. The van der Waals surface area contributed by atoms with Crippen molar-refractivity contribution in [3.8, 4) is 0 Å². The summed E-state index contributed by atoms with van der Waals surface area (Å²) >= 11 is 0. The minimum Gasteiger partial charge on any atom is -0.0720 e. The van der Waals surface area contributed by atoms with Gasteiger partial charge < -0.3 is 0 Å². The molecule has 1 atom stereocenters. The van der Waals surface area contributed by atoms with Crippen LogP contribution >= 0.6 is 0 Å². The summed E-state index contributed by atoms with van der Waals surface area (Å²) in [6, 6.07) is 24.6. The average Bonchev–Trinajstić information content (AvgIpc) is 2.69. The summed E-state index contributed by atoms with van der Waals surface area (Å²) in [5.41, 5.74) is 6.76. The first-order chi connectivity index (χ1) is 12.9. The Morgan fingerprint density at radius 1 is 0.692 bits per heavy atom. The number of hydrogen-bond donors (Lipinski definition) is 0. The van der Waals surface area contributed by atoms with Crippen LogP contribution in [0.25, 0.3) is 33.7 Å². The highest BCUT2D eigenvalue weighted by atomic mass is 14.2. The van der Waals surface area contributed by atoms with E-state index in [0.29, 0.717) is 5.92 Å². The zero-order chi connectivity index (χ0) is 17.1. The van der Waals surface area contributed by atoms with E-state index in [2.05, 4.69) is 97.5 Å². The van der Waals surface area contributed by atoms with Crippen molar-refractivity contribution >= 4 is 33.7 Å². The molecule has 0 radical (unpaired) electrons. The van der Waals surface area contributed by atoms with E-state index in [1.807, 2.05) is 0 Å². The SMILES string of the molecule is C1=Cc2cc(C3C=Cc4cccc5cccc3c45)cc3cccc(c23)[CH+]1. The summed E-state index contributed by atoms with van der Waals surface area (Å²) in [5, 5.41) is 5.43. The molecule has 4 aromatic rings. The third kappa shape index (κ3) is 1.87. The second kappa shape index (κ2) is 5.12. The molecule has 6 rings (SSSR count). The van der Waals surface area contributed by atoms with Crippen LogP contribution in [0.2, 0.25) is 0 Å². The van der Waals surface area contributed by atoms with Crippen molar-refractivity contribution in [1.29, 1.82) is 0 Å². The Balaban J connectivity index is 1.63. The molecular formula is C26H17+. The summed E-state index contributed by atoms with van der Waals surface area (Å²) < 4.78 is 0. The van der Waals surface area contributed by atoms with Crippen molar-refractivity contribution in [3.63, 3.8) is 0 Å². The van der Waals surface area contributed by atoms with Crippen molar-refractivity contribution in [1.82, 2.24) is 0 Å². The lowest BCUT2D eigenvalue weighted by molar-refractivity contribution is 1.04. The molecule has 0 heteroatoms. The Morgan fingerprint density at radius 3 is 2.50 bits per heavy atom. The van der Waals surface area contributed by atoms with Crippen LogP contribution in [0.5, 0.6) is 0 Å². The van der Waals surface area contributed by atoms with Crippen molar-refractivity contribution in [2.75, 3.05) is 0 Å². The van der Waals surface area contributed by atoms with E-state index in [0.717, 1.165) is 0 Å². The normalized spacial score (nSPS) is 16.8. The van der Waals surface area contributed by atoms with E-state index in [9.17, 15) is 0 Å². The molecular weight excluding hydrogens is 312 g/mol. The molecule has 1 unspecified atom stereocenters. The van der Waals surface area contributed by atoms with Gasteiger partial charge in [0.15, 0.2) is 0 Å². The number of allylic oxidation sites excluding steroid dienone is 2. The van der Waals surface area contributed by atoms with Gasteiger partial charge in [-0.2, -0.15) is 0 Å². The maximum Gasteiger partial charge on any atom is 0.105 e. The van der Waals surface area contributed by atoms with Gasteiger partial charge in [0.05, 0.1) is 10.9 Å². The standard InChI is InChI=1S/C26H17/c1-7-18-9-4-12-24-23(14-13-19(8-1)26(18)24)22-15-20-10-2-5-17-6-3-11-21(16-22)25(17)20/h1-16,23H/q+1. The van der Waals surface area contributed by atoms with Gasteiger partial charge in [-0.05, 0) is 51.7 Å². The van der Waals surface area contributed by atoms with Gasteiger partial charge in [0.2, 0.25) is 0 Å². The van der Waals surface area contributed by atoms with Gasteiger partial charge in [-0.3, -0.25) is 0 Å². The van der Waals surface area contributed by atoms with Crippen molar-refractivity contribution < 1.29 is 0 Å². The average molecular weight is 329 g/mol. The summed E-state index contributed by atoms with van der Waals surface area (Å²) in [6.07, 6.45) is 11.2. The zero-order valence-corrected chi connectivity index (χ0v) is 14.3. The predicted octanol–water partition coefficient (Wildman–Crippen LogP) is 6.73. The first-order valence-corrected chi connectivity index (χ1v) is 9.16. The van der Waals surface area contributed by atoms with Gasteiger partial charge in [-0.15, -0.1) is 0 Å². The minimum atomic E-state index is 0.303. The molecule has 120 valence electrons. The van der Waals surface area contributed by atoms with Gasteiger partial charge in [-0.1, -0.05) is 48.6 Å². The smallest absolute Gasteiger partial charge is 0.0720 e. The highest BCUT2D eigenvalue weighted by Crippen LogP contribution is 2.40. The fourth-order valence-corrected chi connectivity index (χ4v) is 4.61. The molecule has 0 bridgehead atoms. The molecule has 4 aromatic carbocycles. The topological polar surface area (TPSA) is 0 Å². The van der Waals surface area contributed by atoms with Gasteiger partial charge in [-0.25, -0.2) is 0 Å². The maximum atomic E-state index is 2.37. The second-order valence-corrected chi connectivity index (χ2v) is 7.21. The van der Waals surface area contributed by atoms with E-state index in [-0.39, 0.29) is 0 Å². The quantitative estimate of drug-likeness (QED) is 0.340. The van der Waals surface area contributed by atoms with E-state index in [1.165, 1.54) is 49.4 Å². The van der Waals surface area contributed by atoms with Gasteiger partial charge in [0.25, 0.3) is 0 Å². The molecule has 0 saturated carbocycles. The summed E-state index contributed by atoms with van der Waals surface area (Å²) in [4.78, 5) is 0. The van der Waals surface area contributed by atoms with E-state index < -0.39 is 0 Å². The number of rotatable bonds is 1. The lowest BCUT2D eigenvalue weighted by atomic mass is 9.80. The van der Waals surface area contributed by atoms with Crippen molar-refractivity contribution in [3.05, 3.63) is 113 Å². The fraction of sp³-hybridized carbons (Fsp3) is 0.0385. The molecule has 0 aromatic heterocycles. The Bertz CT molecular complexity index is 1250. The Kier molecular flexibility index (Phi) is 2.75. The molecule has 0 heterocycles. The van der Waals surface area contributed by atoms with Crippen molar-refractivity contribution in [2.45, 2.75) is 5.92 Å². The highest BCUT2D eigenvalue weighted by molar-refractivity contribution is 5.99. The predicted molar refractivity (Wildman–Crippen MR) is 111 cm³/mol. The largest absolute Gasteiger partial charge is 0.105 e. The minimum absolute atomic E-state index is 0.303. The van der Waals surface area contributed by atoms with Crippen LogP contribution in [0.1, 0.15) is 33.7 Å². The van der Waals surface area contributed by atoms with E-state index in [1.54, 1.807) is 0 Å². The first-order valence-electron chi connectivity index (χ1n) is 9.16. The lowest BCUT2D eigenvalue weighted by Gasteiger charge is -2.22. The van der Waals surface area contributed by atoms with Crippen LogP contribution in [0.3, 0.4) is 0 Å². The second-order valence-electron chi connectivity index (χ2n) is 7.21. The van der Waals surface area contributed by atoms with Gasteiger partial charge in [0.1, 0.15) is 5.56 Å². The third-order valence-electron chi connectivity index (χ3n) is 5.75. The molecule has 26 heavy (non-hydrogen) atoms. The first kappa shape index (κ1) is 14.0. The molecule has 0 spiro atoms.